The molecule has 4 rings (SSSR count). The Hall–Kier alpha value is -2.87. The molecule has 2 aromatic rings. The molecule has 1 atom stereocenters. The van der Waals surface area contributed by atoms with Crippen LogP contribution in [0.3, 0.4) is 0 Å². The standard InChI is InChI=1S/C24H33N5O3/c1-31-21-7-6-18(15-22(21)32-2)16-28-13-8-20(9-14-28)27-23(30)19-5-3-12-29(17-19)24-25-10-4-11-26-24/h4,6-7,10-11,15,19-20H,3,5,8-9,12-14,16-17H2,1-2H3,(H,27,30)/t19-/m1/s1. The van der Waals surface area contributed by atoms with Crippen LogP contribution in [0, 0.1) is 5.92 Å². The summed E-state index contributed by atoms with van der Waals surface area (Å²) in [7, 11) is 3.31. The number of carbonyl (C=O) groups excluding carboxylic acids is 1. The predicted molar refractivity (Wildman–Crippen MR) is 123 cm³/mol. The normalized spacial score (nSPS) is 20.1. The number of likely N-dealkylation sites (tertiary alicyclic amines) is 1. The highest BCUT2D eigenvalue weighted by Crippen LogP contribution is 2.28. The van der Waals surface area contributed by atoms with Gasteiger partial charge in [-0.3, -0.25) is 9.69 Å². The Bertz CT molecular complexity index is 886. The van der Waals surface area contributed by atoms with E-state index in [9.17, 15) is 4.79 Å². The smallest absolute Gasteiger partial charge is 0.225 e. The first-order chi connectivity index (χ1) is 15.7. The molecule has 3 heterocycles. The zero-order valence-corrected chi connectivity index (χ0v) is 19.0. The predicted octanol–water partition coefficient (Wildman–Crippen LogP) is 2.49. The summed E-state index contributed by atoms with van der Waals surface area (Å²) >= 11 is 0. The first kappa shape index (κ1) is 22.3. The Morgan fingerprint density at radius 2 is 1.81 bits per heavy atom. The molecular formula is C24H33N5O3. The van der Waals surface area contributed by atoms with Gasteiger partial charge in [0.2, 0.25) is 11.9 Å². The van der Waals surface area contributed by atoms with Gasteiger partial charge >= 0.3 is 0 Å². The molecule has 8 heteroatoms. The van der Waals surface area contributed by atoms with Gasteiger partial charge in [0.15, 0.2) is 11.5 Å². The van der Waals surface area contributed by atoms with Crippen LogP contribution in [0.2, 0.25) is 0 Å². The molecule has 1 N–H and O–H groups in total. The zero-order chi connectivity index (χ0) is 22.3. The number of rotatable bonds is 7. The average molecular weight is 440 g/mol. The van der Waals surface area contributed by atoms with Gasteiger partial charge in [-0.15, -0.1) is 0 Å². The molecule has 1 amide bonds. The molecule has 2 aliphatic rings. The molecule has 8 nitrogen and oxygen atoms in total. The van der Waals surface area contributed by atoms with Crippen molar-refractivity contribution in [1.29, 1.82) is 0 Å². The van der Waals surface area contributed by atoms with Crippen molar-refractivity contribution in [3.8, 4) is 11.5 Å². The molecule has 1 aromatic heterocycles. The van der Waals surface area contributed by atoms with Gasteiger partial charge in [0.25, 0.3) is 0 Å². The fourth-order valence-electron chi connectivity index (χ4n) is 4.62. The number of nitrogens with zero attached hydrogens (tertiary/aromatic N) is 4. The minimum absolute atomic E-state index is 0.00245. The molecular weight excluding hydrogens is 406 g/mol. The lowest BCUT2D eigenvalue weighted by atomic mass is 9.96. The molecule has 2 fully saturated rings. The van der Waals surface area contributed by atoms with Gasteiger partial charge in [0.1, 0.15) is 0 Å². The summed E-state index contributed by atoms with van der Waals surface area (Å²) in [6, 6.07) is 8.13. The molecule has 0 aliphatic carbocycles. The summed E-state index contributed by atoms with van der Waals surface area (Å²) in [5.74, 6) is 2.39. The van der Waals surface area contributed by atoms with Crippen LogP contribution in [0.5, 0.6) is 11.5 Å². The zero-order valence-electron chi connectivity index (χ0n) is 19.0. The number of hydrogen-bond donors (Lipinski definition) is 1. The lowest BCUT2D eigenvalue weighted by Gasteiger charge is -2.35. The van der Waals surface area contributed by atoms with Gasteiger partial charge in [-0.25, -0.2) is 9.97 Å². The van der Waals surface area contributed by atoms with Gasteiger partial charge in [0, 0.05) is 51.2 Å². The maximum atomic E-state index is 12.9. The summed E-state index contributed by atoms with van der Waals surface area (Å²) in [5, 5.41) is 3.31. The lowest BCUT2D eigenvalue weighted by molar-refractivity contribution is -0.126. The van der Waals surface area contributed by atoms with E-state index >= 15 is 0 Å². The Kier molecular flexibility index (Phi) is 7.42. The number of ether oxygens (including phenoxy) is 2. The second kappa shape index (κ2) is 10.6. The third kappa shape index (κ3) is 5.48. The molecule has 0 radical (unpaired) electrons. The van der Waals surface area contributed by atoms with E-state index in [0.717, 1.165) is 63.4 Å². The van der Waals surface area contributed by atoms with Gasteiger partial charge in [0.05, 0.1) is 20.1 Å². The van der Waals surface area contributed by atoms with Crippen LogP contribution >= 0.6 is 0 Å². The minimum Gasteiger partial charge on any atom is -0.493 e. The highest BCUT2D eigenvalue weighted by Gasteiger charge is 2.29. The average Bonchev–Trinajstić information content (AvgIpc) is 2.85. The summed E-state index contributed by atoms with van der Waals surface area (Å²) in [6.07, 6.45) is 7.35. The Morgan fingerprint density at radius 3 is 2.53 bits per heavy atom. The summed E-state index contributed by atoms with van der Waals surface area (Å²) in [5.41, 5.74) is 1.20. The van der Waals surface area contributed by atoms with Crippen LogP contribution in [0.15, 0.2) is 36.7 Å². The maximum absolute atomic E-state index is 12.9. The summed E-state index contributed by atoms with van der Waals surface area (Å²) in [6.45, 7) is 4.40. The molecule has 172 valence electrons. The second-order valence-electron chi connectivity index (χ2n) is 8.58. The number of hydrogen-bond acceptors (Lipinski definition) is 7. The largest absolute Gasteiger partial charge is 0.493 e. The van der Waals surface area contributed by atoms with E-state index in [2.05, 4.69) is 31.2 Å². The van der Waals surface area contributed by atoms with Crippen LogP contribution in [0.25, 0.3) is 0 Å². The molecule has 2 aliphatic heterocycles. The van der Waals surface area contributed by atoms with E-state index in [-0.39, 0.29) is 17.9 Å². The molecule has 32 heavy (non-hydrogen) atoms. The Labute approximate surface area is 189 Å². The van der Waals surface area contributed by atoms with Crippen molar-refractivity contribution in [3.05, 3.63) is 42.2 Å². The van der Waals surface area contributed by atoms with Crippen molar-refractivity contribution in [1.82, 2.24) is 20.2 Å². The SMILES string of the molecule is COc1ccc(CN2CCC(NC(=O)[C@@H]3CCCN(c4ncccn4)C3)CC2)cc1OC. The number of carbonyl (C=O) groups is 1. The van der Waals surface area contributed by atoms with Crippen molar-refractivity contribution >= 4 is 11.9 Å². The molecule has 0 bridgehead atoms. The Balaban J connectivity index is 1.24. The van der Waals surface area contributed by atoms with Crippen molar-refractivity contribution in [3.63, 3.8) is 0 Å². The lowest BCUT2D eigenvalue weighted by Crippen LogP contribution is -2.49. The van der Waals surface area contributed by atoms with Gasteiger partial charge in [-0.1, -0.05) is 6.07 Å². The van der Waals surface area contributed by atoms with Gasteiger partial charge < -0.3 is 19.7 Å². The van der Waals surface area contributed by atoms with E-state index in [1.165, 1.54) is 5.56 Å². The minimum atomic E-state index is -0.00245. The van der Waals surface area contributed by atoms with Crippen LogP contribution in [0.4, 0.5) is 5.95 Å². The van der Waals surface area contributed by atoms with Crippen LogP contribution in [-0.4, -0.2) is 67.2 Å². The van der Waals surface area contributed by atoms with E-state index in [1.807, 2.05) is 18.2 Å². The number of methoxy groups -OCH3 is 2. The first-order valence-electron chi connectivity index (χ1n) is 11.4. The topological polar surface area (TPSA) is 79.8 Å². The van der Waals surface area contributed by atoms with E-state index in [0.29, 0.717) is 12.5 Å². The third-order valence-electron chi connectivity index (χ3n) is 6.42. The molecule has 0 spiro atoms. The number of nitrogens with one attached hydrogen (secondary N) is 1. The third-order valence-corrected chi connectivity index (χ3v) is 6.42. The van der Waals surface area contributed by atoms with E-state index < -0.39 is 0 Å². The number of anilines is 1. The van der Waals surface area contributed by atoms with Crippen LogP contribution in [-0.2, 0) is 11.3 Å². The maximum Gasteiger partial charge on any atom is 0.225 e. The number of benzene rings is 1. The van der Waals surface area contributed by atoms with E-state index in [4.69, 9.17) is 9.47 Å². The summed E-state index contributed by atoms with van der Waals surface area (Å²) in [4.78, 5) is 26.2. The van der Waals surface area contributed by atoms with Gasteiger partial charge in [-0.2, -0.15) is 0 Å². The van der Waals surface area contributed by atoms with Crippen molar-refractivity contribution in [2.75, 3.05) is 45.3 Å². The highest BCUT2D eigenvalue weighted by molar-refractivity contribution is 5.79. The molecule has 0 saturated carbocycles. The fourth-order valence-corrected chi connectivity index (χ4v) is 4.62. The molecule has 0 unspecified atom stereocenters. The monoisotopic (exact) mass is 439 g/mol. The molecule has 1 aromatic carbocycles. The number of amides is 1. The van der Waals surface area contributed by atoms with E-state index in [1.54, 1.807) is 26.6 Å². The summed E-state index contributed by atoms with van der Waals surface area (Å²) < 4.78 is 10.7. The van der Waals surface area contributed by atoms with Crippen LogP contribution < -0.4 is 19.7 Å². The van der Waals surface area contributed by atoms with Crippen molar-refractivity contribution in [2.24, 2.45) is 5.92 Å². The number of aromatic nitrogens is 2. The molecule has 2 saturated heterocycles. The van der Waals surface area contributed by atoms with Crippen LogP contribution in [0.1, 0.15) is 31.2 Å². The second-order valence-corrected chi connectivity index (χ2v) is 8.58. The Morgan fingerprint density at radius 1 is 1.06 bits per heavy atom. The first-order valence-corrected chi connectivity index (χ1v) is 11.4. The van der Waals surface area contributed by atoms with Crippen molar-refractivity contribution in [2.45, 2.75) is 38.3 Å². The quantitative estimate of drug-likeness (QED) is 0.710. The fraction of sp³-hybridized carbons (Fsp3) is 0.542. The highest BCUT2D eigenvalue weighted by atomic mass is 16.5. The number of piperidine rings is 2. The van der Waals surface area contributed by atoms with Gasteiger partial charge in [-0.05, 0) is 49.4 Å². The van der Waals surface area contributed by atoms with Crippen molar-refractivity contribution < 1.29 is 14.3 Å².